The zero-order valence-corrected chi connectivity index (χ0v) is 34.6. The highest BCUT2D eigenvalue weighted by molar-refractivity contribution is 6.15. The van der Waals surface area contributed by atoms with Crippen molar-refractivity contribution in [1.29, 1.82) is 0 Å². The Morgan fingerprint density at radius 2 is 1.61 bits per heavy atom. The molecule has 1 aliphatic heterocycles. The standard InChI is InChI=1S/C46H49F3N6O6/c1-53(45(58)31-26-37(59-2)42(61-4)38(27-31)60-3)28-30(29-14-6-5-7-15-29)21-25-54-23-11-10-20-36(54)41(57)43-50-34-18-12-16-32(39(34)52-43)40(56)44-51-33-17-8-9-19-35(33)55(44)24-13-22-46(47,48)49/h5-9,12,14-19,26-27,30,36H,10-11,13,20-25,28H2,1-4H3,(H,50,52). The number of likely N-dealkylation sites (N-methyl/N-ethyl adjacent to an activating group) is 1. The van der Waals surface area contributed by atoms with Crippen LogP contribution in [0.15, 0.2) is 84.9 Å². The number of imidazole rings is 2. The third kappa shape index (κ3) is 9.41. The van der Waals surface area contributed by atoms with Gasteiger partial charge in [0.2, 0.25) is 17.3 Å². The van der Waals surface area contributed by atoms with E-state index >= 15 is 0 Å². The molecule has 1 saturated heterocycles. The van der Waals surface area contributed by atoms with Crippen LogP contribution in [0.3, 0.4) is 0 Å². The predicted molar refractivity (Wildman–Crippen MR) is 225 cm³/mol. The molecule has 4 aromatic carbocycles. The summed E-state index contributed by atoms with van der Waals surface area (Å²) in [6.45, 7) is 1.63. The zero-order chi connectivity index (χ0) is 43.3. The third-order valence-corrected chi connectivity index (χ3v) is 11.4. The van der Waals surface area contributed by atoms with Crippen LogP contribution < -0.4 is 14.2 Å². The van der Waals surface area contributed by atoms with E-state index in [1.807, 2.05) is 30.3 Å². The Bertz CT molecular complexity index is 2490. The Kier molecular flexibility index (Phi) is 13.1. The summed E-state index contributed by atoms with van der Waals surface area (Å²) in [6.07, 6.45) is -2.49. The van der Waals surface area contributed by atoms with Crippen LogP contribution in [0.25, 0.3) is 22.1 Å². The molecule has 1 fully saturated rings. The van der Waals surface area contributed by atoms with Gasteiger partial charge in [0.15, 0.2) is 23.1 Å². The number of alkyl halides is 3. The molecule has 0 spiro atoms. The second kappa shape index (κ2) is 18.6. The number of aryl methyl sites for hydroxylation is 1. The number of hydrogen-bond acceptors (Lipinski definition) is 9. The summed E-state index contributed by atoms with van der Waals surface area (Å²) in [7, 11) is 6.27. The number of benzene rings is 4. The SMILES string of the molecule is COc1cc(C(=O)N(C)CC(CCN2CCCCC2C(=O)c2nc3c(C(=O)c4nc5ccccc5n4CCCC(F)(F)F)cccc3[nH]2)c2ccccc2)cc(OC)c1OC. The molecule has 1 aliphatic rings. The van der Waals surface area contributed by atoms with Crippen molar-refractivity contribution < 1.29 is 41.8 Å². The molecule has 15 heteroatoms. The summed E-state index contributed by atoms with van der Waals surface area (Å²) in [5.74, 6) is 0.316. The minimum Gasteiger partial charge on any atom is -0.493 e. The number of nitrogens with zero attached hydrogens (tertiary/aromatic N) is 5. The van der Waals surface area contributed by atoms with Gasteiger partial charge in [0.05, 0.1) is 49.5 Å². The van der Waals surface area contributed by atoms with Gasteiger partial charge in [-0.05, 0) is 80.7 Å². The van der Waals surface area contributed by atoms with Crippen molar-refractivity contribution in [3.63, 3.8) is 0 Å². The van der Waals surface area contributed by atoms with Gasteiger partial charge in [0, 0.05) is 38.0 Å². The third-order valence-electron chi connectivity index (χ3n) is 11.4. The topological polar surface area (TPSA) is 132 Å². The maximum absolute atomic E-state index is 14.4. The van der Waals surface area contributed by atoms with Crippen molar-refractivity contribution >= 4 is 39.5 Å². The van der Waals surface area contributed by atoms with E-state index in [1.54, 1.807) is 66.5 Å². The molecule has 0 radical (unpaired) electrons. The summed E-state index contributed by atoms with van der Waals surface area (Å²) >= 11 is 0. The lowest BCUT2D eigenvalue weighted by Gasteiger charge is -2.35. The molecule has 1 amide bonds. The van der Waals surface area contributed by atoms with E-state index in [0.717, 1.165) is 18.4 Å². The molecular formula is C46H49F3N6O6. The molecule has 0 saturated carbocycles. The van der Waals surface area contributed by atoms with Gasteiger partial charge in [0.1, 0.15) is 5.52 Å². The minimum absolute atomic E-state index is 0.00831. The molecule has 2 aromatic heterocycles. The summed E-state index contributed by atoms with van der Waals surface area (Å²) in [4.78, 5) is 58.7. The van der Waals surface area contributed by atoms with Crippen molar-refractivity contribution in [1.82, 2.24) is 29.3 Å². The number of halogens is 3. The summed E-state index contributed by atoms with van der Waals surface area (Å²) in [6, 6.07) is 24.8. The van der Waals surface area contributed by atoms with Gasteiger partial charge >= 0.3 is 6.18 Å². The number of nitrogens with one attached hydrogen (secondary N) is 1. The lowest BCUT2D eigenvalue weighted by molar-refractivity contribution is -0.135. The molecule has 12 nitrogen and oxygen atoms in total. The molecule has 3 heterocycles. The first-order valence-corrected chi connectivity index (χ1v) is 20.3. The van der Waals surface area contributed by atoms with Gasteiger partial charge in [-0.25, -0.2) is 9.97 Å². The molecule has 2 unspecified atom stereocenters. The highest BCUT2D eigenvalue weighted by Crippen LogP contribution is 2.39. The average molecular weight is 839 g/mol. The fourth-order valence-corrected chi connectivity index (χ4v) is 8.33. The van der Waals surface area contributed by atoms with Crippen molar-refractivity contribution in [2.45, 2.75) is 63.2 Å². The van der Waals surface area contributed by atoms with E-state index in [1.165, 1.54) is 25.9 Å². The van der Waals surface area contributed by atoms with Gasteiger partial charge < -0.3 is 28.7 Å². The maximum atomic E-state index is 14.4. The number of fused-ring (bicyclic) bond motifs is 2. The van der Waals surface area contributed by atoms with E-state index in [4.69, 9.17) is 19.2 Å². The number of H-pyrrole nitrogens is 1. The van der Waals surface area contributed by atoms with E-state index in [9.17, 15) is 27.6 Å². The smallest absolute Gasteiger partial charge is 0.389 e. The number of Topliss-reactive ketones (excluding diaryl/α,β-unsaturated/α-hetero) is 1. The number of hydrogen-bond donors (Lipinski definition) is 1. The van der Waals surface area contributed by atoms with E-state index in [-0.39, 0.29) is 53.3 Å². The second-order valence-corrected chi connectivity index (χ2v) is 15.3. The second-order valence-electron chi connectivity index (χ2n) is 15.3. The number of carbonyl (C=O) groups is 3. The Hall–Kier alpha value is -6.22. The minimum atomic E-state index is -4.33. The van der Waals surface area contributed by atoms with Gasteiger partial charge in [-0.15, -0.1) is 0 Å². The Morgan fingerprint density at radius 3 is 2.31 bits per heavy atom. The number of aromatic nitrogens is 4. The van der Waals surface area contributed by atoms with E-state index in [2.05, 4.69) is 14.9 Å². The first kappa shape index (κ1) is 42.9. The first-order chi connectivity index (χ1) is 29.4. The number of ketones is 2. The van der Waals surface area contributed by atoms with Crippen LogP contribution in [0.1, 0.15) is 87.2 Å². The maximum Gasteiger partial charge on any atom is 0.389 e. The number of ether oxygens (including phenoxy) is 3. The Labute approximate surface area is 351 Å². The van der Waals surface area contributed by atoms with Gasteiger partial charge in [-0.3, -0.25) is 19.3 Å². The van der Waals surface area contributed by atoms with Crippen LogP contribution in [0.2, 0.25) is 0 Å². The summed E-state index contributed by atoms with van der Waals surface area (Å²) in [5, 5.41) is 0. The van der Waals surface area contributed by atoms with Crippen molar-refractivity contribution in [3.05, 3.63) is 113 Å². The van der Waals surface area contributed by atoms with Gasteiger partial charge in [0.25, 0.3) is 5.91 Å². The van der Waals surface area contributed by atoms with Crippen LogP contribution >= 0.6 is 0 Å². The summed E-state index contributed by atoms with van der Waals surface area (Å²) < 4.78 is 57.3. The number of piperidine rings is 1. The van der Waals surface area contributed by atoms with Crippen LogP contribution in [0.5, 0.6) is 17.2 Å². The first-order valence-electron chi connectivity index (χ1n) is 20.3. The van der Waals surface area contributed by atoms with Crippen molar-refractivity contribution in [2.24, 2.45) is 0 Å². The average Bonchev–Trinajstić information content (AvgIpc) is 3.88. The van der Waals surface area contributed by atoms with Crippen molar-refractivity contribution in [2.75, 3.05) is 48.0 Å². The molecular weight excluding hydrogens is 790 g/mol. The van der Waals surface area contributed by atoms with Crippen LogP contribution in [-0.4, -0.2) is 107 Å². The monoisotopic (exact) mass is 838 g/mol. The number of carbonyl (C=O) groups excluding carboxylic acids is 3. The number of para-hydroxylation sites is 3. The highest BCUT2D eigenvalue weighted by atomic mass is 19.4. The van der Waals surface area contributed by atoms with Gasteiger partial charge in [-0.2, -0.15) is 13.2 Å². The number of rotatable bonds is 17. The fraction of sp³-hybridized carbons (Fsp3) is 0.370. The molecule has 7 rings (SSSR count). The largest absolute Gasteiger partial charge is 0.493 e. The quantitative estimate of drug-likeness (QED) is 0.0899. The Morgan fingerprint density at radius 1 is 0.885 bits per heavy atom. The number of methoxy groups -OCH3 is 3. The van der Waals surface area contributed by atoms with Crippen LogP contribution in [-0.2, 0) is 6.54 Å². The molecule has 6 aromatic rings. The molecule has 320 valence electrons. The van der Waals surface area contributed by atoms with Crippen molar-refractivity contribution in [3.8, 4) is 17.2 Å². The van der Waals surface area contributed by atoms with Crippen LogP contribution in [0.4, 0.5) is 13.2 Å². The molecule has 1 N–H and O–H groups in total. The molecule has 0 bridgehead atoms. The number of amides is 1. The summed E-state index contributed by atoms with van der Waals surface area (Å²) in [5.41, 5.74) is 3.47. The highest BCUT2D eigenvalue weighted by Gasteiger charge is 2.33. The molecule has 0 aliphatic carbocycles. The lowest BCUT2D eigenvalue weighted by Crippen LogP contribution is -2.46. The number of likely N-dealkylation sites (tertiary alicyclic amines) is 1. The van der Waals surface area contributed by atoms with Gasteiger partial charge in [-0.1, -0.05) is 55.0 Å². The molecule has 61 heavy (non-hydrogen) atoms. The number of aromatic amines is 1. The van der Waals surface area contributed by atoms with Crippen LogP contribution in [0, 0.1) is 0 Å². The van der Waals surface area contributed by atoms with E-state index in [0.29, 0.717) is 71.8 Å². The predicted octanol–water partition coefficient (Wildman–Crippen LogP) is 8.50. The zero-order valence-electron chi connectivity index (χ0n) is 34.6. The normalized spacial score (nSPS) is 15.2. The van der Waals surface area contributed by atoms with E-state index < -0.39 is 24.4 Å². The Balaban J connectivity index is 1.10. The lowest BCUT2D eigenvalue weighted by atomic mass is 9.92. The fourth-order valence-electron chi connectivity index (χ4n) is 8.33. The molecule has 2 atom stereocenters.